The van der Waals surface area contributed by atoms with E-state index < -0.39 is 5.97 Å². The van der Waals surface area contributed by atoms with Crippen LogP contribution in [-0.2, 0) is 20.6 Å². The summed E-state index contributed by atoms with van der Waals surface area (Å²) >= 11 is 0. The van der Waals surface area contributed by atoms with E-state index in [2.05, 4.69) is 23.8 Å². The number of rotatable bonds is 3. The van der Waals surface area contributed by atoms with Crippen molar-refractivity contribution in [3.8, 4) is 0 Å². The molecule has 1 saturated heterocycles. The number of fused-ring (bicyclic) bond motifs is 3. The number of esters is 1. The van der Waals surface area contributed by atoms with Crippen LogP contribution in [0.15, 0.2) is 30.3 Å². The SMILES string of the molecule is COC(=O)c1cc2c([nH]c3ccccc32)c(CC2OCC(C)(C)CO2)n1. The molecule has 0 spiro atoms. The number of nitrogens with one attached hydrogen (secondary N) is 1. The van der Waals surface area contributed by atoms with Crippen LogP contribution in [0, 0.1) is 5.41 Å². The second kappa shape index (κ2) is 6.37. The molecule has 136 valence electrons. The molecule has 1 aliphatic heterocycles. The van der Waals surface area contributed by atoms with Crippen molar-refractivity contribution < 1.29 is 19.0 Å². The van der Waals surface area contributed by atoms with Gasteiger partial charge in [0, 0.05) is 28.1 Å². The van der Waals surface area contributed by atoms with E-state index in [1.807, 2.05) is 24.3 Å². The number of para-hydroxylation sites is 1. The lowest BCUT2D eigenvalue weighted by molar-refractivity contribution is -0.220. The van der Waals surface area contributed by atoms with Crippen molar-refractivity contribution in [3.05, 3.63) is 41.7 Å². The largest absolute Gasteiger partial charge is 0.464 e. The summed E-state index contributed by atoms with van der Waals surface area (Å²) in [5.74, 6) is -0.454. The topological polar surface area (TPSA) is 73.4 Å². The van der Waals surface area contributed by atoms with E-state index in [-0.39, 0.29) is 17.4 Å². The van der Waals surface area contributed by atoms with Crippen LogP contribution in [0.5, 0.6) is 0 Å². The van der Waals surface area contributed by atoms with Gasteiger partial charge in [0.25, 0.3) is 0 Å². The first-order valence-corrected chi connectivity index (χ1v) is 8.69. The first kappa shape index (κ1) is 17.0. The predicted molar refractivity (Wildman–Crippen MR) is 98.1 cm³/mol. The lowest BCUT2D eigenvalue weighted by atomic mass is 9.95. The molecule has 0 radical (unpaired) electrons. The second-order valence-electron chi connectivity index (χ2n) is 7.46. The highest BCUT2D eigenvalue weighted by atomic mass is 16.7. The van der Waals surface area contributed by atoms with Crippen LogP contribution in [0.3, 0.4) is 0 Å². The van der Waals surface area contributed by atoms with E-state index in [9.17, 15) is 4.79 Å². The zero-order valence-electron chi connectivity index (χ0n) is 15.2. The lowest BCUT2D eigenvalue weighted by Gasteiger charge is -2.34. The van der Waals surface area contributed by atoms with Gasteiger partial charge in [-0.2, -0.15) is 0 Å². The molecule has 0 bridgehead atoms. The molecular weight excluding hydrogens is 332 g/mol. The Morgan fingerprint density at radius 2 is 2.00 bits per heavy atom. The quantitative estimate of drug-likeness (QED) is 0.729. The highest BCUT2D eigenvalue weighted by Crippen LogP contribution is 2.30. The smallest absolute Gasteiger partial charge is 0.356 e. The molecule has 1 fully saturated rings. The molecule has 0 amide bonds. The Morgan fingerprint density at radius 1 is 1.27 bits per heavy atom. The molecule has 0 saturated carbocycles. The molecule has 3 aromatic rings. The Morgan fingerprint density at radius 3 is 2.73 bits per heavy atom. The van der Waals surface area contributed by atoms with Crippen molar-refractivity contribution >= 4 is 27.8 Å². The van der Waals surface area contributed by atoms with Gasteiger partial charge >= 0.3 is 5.97 Å². The second-order valence-corrected chi connectivity index (χ2v) is 7.46. The summed E-state index contributed by atoms with van der Waals surface area (Å²) < 4.78 is 16.6. The van der Waals surface area contributed by atoms with E-state index in [4.69, 9.17) is 14.2 Å². The first-order chi connectivity index (χ1) is 12.5. The fourth-order valence-electron chi connectivity index (χ4n) is 3.27. The summed E-state index contributed by atoms with van der Waals surface area (Å²) in [5, 5.41) is 1.99. The van der Waals surface area contributed by atoms with Gasteiger partial charge < -0.3 is 19.2 Å². The Kier molecular flexibility index (Phi) is 4.17. The molecule has 3 heterocycles. The van der Waals surface area contributed by atoms with E-state index >= 15 is 0 Å². The normalized spacial score (nSPS) is 17.7. The number of carbonyl (C=O) groups excluding carboxylic acids is 1. The first-order valence-electron chi connectivity index (χ1n) is 8.69. The molecule has 6 heteroatoms. The minimum Gasteiger partial charge on any atom is -0.464 e. The van der Waals surface area contributed by atoms with Crippen LogP contribution in [0.1, 0.15) is 30.0 Å². The van der Waals surface area contributed by atoms with Gasteiger partial charge in [-0.05, 0) is 12.1 Å². The zero-order valence-corrected chi connectivity index (χ0v) is 15.2. The minimum atomic E-state index is -0.454. The molecule has 2 aromatic heterocycles. The minimum absolute atomic E-state index is 0.00816. The van der Waals surface area contributed by atoms with Gasteiger partial charge in [-0.3, -0.25) is 0 Å². The molecule has 26 heavy (non-hydrogen) atoms. The summed E-state index contributed by atoms with van der Waals surface area (Å²) in [6.07, 6.45) is 0.0857. The van der Waals surface area contributed by atoms with Crippen molar-refractivity contribution in [2.24, 2.45) is 5.41 Å². The maximum Gasteiger partial charge on any atom is 0.356 e. The molecule has 1 aliphatic rings. The Bertz CT molecular complexity index is 967. The zero-order chi connectivity index (χ0) is 18.3. The Labute approximate surface area is 151 Å². The van der Waals surface area contributed by atoms with Crippen LogP contribution < -0.4 is 0 Å². The van der Waals surface area contributed by atoms with E-state index in [1.54, 1.807) is 6.07 Å². The van der Waals surface area contributed by atoms with Gasteiger partial charge in [-0.25, -0.2) is 9.78 Å². The maximum atomic E-state index is 12.1. The van der Waals surface area contributed by atoms with E-state index in [0.29, 0.717) is 19.6 Å². The van der Waals surface area contributed by atoms with Gasteiger partial charge in [-0.1, -0.05) is 32.0 Å². The van der Waals surface area contributed by atoms with E-state index in [0.717, 1.165) is 27.5 Å². The number of methoxy groups -OCH3 is 1. The van der Waals surface area contributed by atoms with Crippen LogP contribution in [0.4, 0.5) is 0 Å². The van der Waals surface area contributed by atoms with Gasteiger partial charge in [0.05, 0.1) is 31.5 Å². The molecule has 0 aliphatic carbocycles. The Hall–Kier alpha value is -2.44. The number of pyridine rings is 1. The Balaban J connectivity index is 1.78. The monoisotopic (exact) mass is 354 g/mol. The number of nitrogens with zero attached hydrogens (tertiary/aromatic N) is 1. The summed E-state index contributed by atoms with van der Waals surface area (Å²) in [7, 11) is 1.36. The molecule has 0 atom stereocenters. The summed E-state index contributed by atoms with van der Waals surface area (Å²) in [6, 6.07) is 9.75. The third-order valence-corrected chi connectivity index (χ3v) is 4.65. The summed E-state index contributed by atoms with van der Waals surface area (Å²) in [6.45, 7) is 5.47. The number of H-pyrrole nitrogens is 1. The number of hydrogen-bond acceptors (Lipinski definition) is 5. The number of ether oxygens (including phenoxy) is 3. The van der Waals surface area contributed by atoms with Crippen molar-refractivity contribution in [2.45, 2.75) is 26.6 Å². The highest BCUT2D eigenvalue weighted by Gasteiger charge is 2.29. The van der Waals surface area contributed by atoms with Crippen molar-refractivity contribution in [2.75, 3.05) is 20.3 Å². The van der Waals surface area contributed by atoms with Crippen molar-refractivity contribution in [1.29, 1.82) is 0 Å². The van der Waals surface area contributed by atoms with Crippen LogP contribution in [0.2, 0.25) is 0 Å². The van der Waals surface area contributed by atoms with Gasteiger partial charge in [-0.15, -0.1) is 0 Å². The number of hydrogen-bond donors (Lipinski definition) is 1. The van der Waals surface area contributed by atoms with Gasteiger partial charge in [0.2, 0.25) is 0 Å². The maximum absolute atomic E-state index is 12.1. The number of benzene rings is 1. The fraction of sp³-hybridized carbons (Fsp3) is 0.400. The molecular formula is C20H22N2O4. The molecule has 0 unspecified atom stereocenters. The third-order valence-electron chi connectivity index (χ3n) is 4.65. The average Bonchev–Trinajstić information content (AvgIpc) is 3.02. The number of aromatic nitrogens is 2. The standard InChI is InChI=1S/C20H22N2O4/c1-20(2)10-25-17(26-11-20)9-15-18-13(8-16(21-15)19(23)24-3)12-6-4-5-7-14(12)22-18/h4-8,17,22H,9-11H2,1-3H3. The molecule has 1 N–H and O–H groups in total. The lowest BCUT2D eigenvalue weighted by Crippen LogP contribution is -2.38. The van der Waals surface area contributed by atoms with Gasteiger partial charge in [0.15, 0.2) is 6.29 Å². The third kappa shape index (κ3) is 3.06. The average molecular weight is 354 g/mol. The van der Waals surface area contributed by atoms with Crippen LogP contribution >= 0.6 is 0 Å². The number of aromatic amines is 1. The predicted octanol–water partition coefficient (Wildman–Crippen LogP) is 3.44. The van der Waals surface area contributed by atoms with Gasteiger partial charge in [0.1, 0.15) is 5.69 Å². The molecule has 4 rings (SSSR count). The van der Waals surface area contributed by atoms with Crippen molar-refractivity contribution in [1.82, 2.24) is 9.97 Å². The summed E-state index contributed by atoms with van der Waals surface area (Å²) in [5.41, 5.74) is 2.93. The molecule has 1 aromatic carbocycles. The van der Waals surface area contributed by atoms with Crippen LogP contribution in [-0.4, -0.2) is 42.6 Å². The highest BCUT2D eigenvalue weighted by molar-refractivity contribution is 6.09. The number of carbonyl (C=O) groups is 1. The van der Waals surface area contributed by atoms with E-state index in [1.165, 1.54) is 7.11 Å². The van der Waals surface area contributed by atoms with Crippen LogP contribution in [0.25, 0.3) is 21.8 Å². The molecule has 6 nitrogen and oxygen atoms in total. The van der Waals surface area contributed by atoms with Crippen molar-refractivity contribution in [3.63, 3.8) is 0 Å². The fourth-order valence-corrected chi connectivity index (χ4v) is 3.27. The summed E-state index contributed by atoms with van der Waals surface area (Å²) in [4.78, 5) is 20.0.